The van der Waals surface area contributed by atoms with Gasteiger partial charge in [0.2, 0.25) is 0 Å². The summed E-state index contributed by atoms with van der Waals surface area (Å²) in [5.74, 6) is -1.06. The van der Waals surface area contributed by atoms with Gasteiger partial charge in [-0.2, -0.15) is 0 Å². The lowest BCUT2D eigenvalue weighted by atomic mass is 10.2. The van der Waals surface area contributed by atoms with Crippen LogP contribution in [0.1, 0.15) is 15.9 Å². The molecule has 0 bridgehead atoms. The number of benzene rings is 2. The van der Waals surface area contributed by atoms with Gasteiger partial charge in [-0.25, -0.2) is 9.78 Å². The summed E-state index contributed by atoms with van der Waals surface area (Å²) in [5, 5.41) is 12.8. The van der Waals surface area contributed by atoms with Gasteiger partial charge < -0.3 is 9.47 Å². The molecule has 0 radical (unpaired) electrons. The van der Waals surface area contributed by atoms with Crippen LogP contribution in [0.4, 0.5) is 10.1 Å². The third-order valence-electron chi connectivity index (χ3n) is 3.60. The Morgan fingerprint density at radius 1 is 1.10 bits per heavy atom. The Labute approximate surface area is 169 Å². The minimum atomic E-state index is -0.728. The number of para-hydroxylation sites is 1. The maximum absolute atomic E-state index is 12.3. The van der Waals surface area contributed by atoms with Gasteiger partial charge in [0, 0.05) is 0 Å². The highest BCUT2D eigenvalue weighted by Crippen LogP contribution is 2.25. The van der Waals surface area contributed by atoms with Gasteiger partial charge in [-0.05, 0) is 29.0 Å². The van der Waals surface area contributed by atoms with Gasteiger partial charge in [0.25, 0.3) is 5.91 Å². The van der Waals surface area contributed by atoms with Crippen molar-refractivity contribution in [1.29, 1.82) is 0 Å². The highest BCUT2D eigenvalue weighted by Gasteiger charge is 2.17. The molecule has 0 aliphatic rings. The average molecular weight is 413 g/mol. The van der Waals surface area contributed by atoms with E-state index < -0.39 is 23.4 Å². The zero-order chi connectivity index (χ0) is 20.6. The first-order valence-electron chi connectivity index (χ1n) is 8.36. The van der Waals surface area contributed by atoms with Gasteiger partial charge in [-0.3, -0.25) is 20.2 Å². The zero-order valence-corrected chi connectivity index (χ0v) is 15.8. The maximum atomic E-state index is 12.3. The summed E-state index contributed by atoms with van der Waals surface area (Å²) in [6.45, 7) is -0.298. The van der Waals surface area contributed by atoms with Gasteiger partial charge in [0.15, 0.2) is 11.7 Å². The van der Waals surface area contributed by atoms with Crippen molar-refractivity contribution in [2.24, 2.45) is 0 Å². The second kappa shape index (κ2) is 9.42. The molecule has 0 saturated heterocycles. The van der Waals surface area contributed by atoms with Crippen LogP contribution in [0.15, 0.2) is 60.8 Å². The highest BCUT2D eigenvalue weighted by atomic mass is 32.1. The summed E-state index contributed by atoms with van der Waals surface area (Å²) in [6.07, 6.45) is 1.03. The Morgan fingerprint density at radius 3 is 2.55 bits per heavy atom. The van der Waals surface area contributed by atoms with E-state index in [1.54, 1.807) is 18.2 Å². The van der Waals surface area contributed by atoms with E-state index in [0.29, 0.717) is 17.1 Å². The number of rotatable bonds is 8. The summed E-state index contributed by atoms with van der Waals surface area (Å²) >= 11 is 0.704. The van der Waals surface area contributed by atoms with Crippen LogP contribution in [-0.4, -0.2) is 28.4 Å². The molecule has 10 heteroatoms. The number of hydrogen-bond acceptors (Lipinski definition) is 8. The molecule has 0 saturated carbocycles. The molecule has 3 rings (SSSR count). The number of hydrogen-bond donors (Lipinski definition) is 1. The van der Waals surface area contributed by atoms with E-state index in [1.807, 2.05) is 30.3 Å². The fourth-order valence-corrected chi connectivity index (χ4v) is 2.92. The minimum Gasteiger partial charge on any atom is -0.488 e. The molecule has 1 N–H and O–H groups in total. The number of nitrogens with zero attached hydrogens (tertiary/aromatic N) is 2. The van der Waals surface area contributed by atoms with Gasteiger partial charge in [-0.15, -0.1) is 0 Å². The van der Waals surface area contributed by atoms with Gasteiger partial charge >= 0.3 is 11.0 Å². The monoisotopic (exact) mass is 413 g/mol. The Balaban J connectivity index is 1.56. The van der Waals surface area contributed by atoms with Gasteiger partial charge in [-0.1, -0.05) is 42.5 Å². The summed E-state index contributed by atoms with van der Waals surface area (Å²) in [7, 11) is 0. The number of anilines is 1. The van der Waals surface area contributed by atoms with Crippen LogP contribution in [0.25, 0.3) is 0 Å². The number of amides is 1. The fourth-order valence-electron chi connectivity index (χ4n) is 2.27. The smallest absolute Gasteiger partial charge is 0.345 e. The number of ether oxygens (including phenoxy) is 2. The molecule has 1 heterocycles. The number of esters is 1. The SMILES string of the molecule is O=C(COC(=O)c1ccccc1OCc1ccccc1)Nc1ncc([N+](=O)[O-])s1. The lowest BCUT2D eigenvalue weighted by Gasteiger charge is -2.11. The molecule has 0 aliphatic heterocycles. The van der Waals surface area contributed by atoms with Crippen molar-refractivity contribution >= 4 is 33.3 Å². The standard InChI is InChI=1S/C19H15N3O6S/c23-16(21-19-20-10-17(29-19)22(25)26)12-28-18(24)14-8-4-5-9-15(14)27-11-13-6-2-1-3-7-13/h1-10H,11-12H2,(H,20,21,23). The topological polar surface area (TPSA) is 121 Å². The van der Waals surface area contributed by atoms with Crippen LogP contribution in [0.2, 0.25) is 0 Å². The number of carbonyl (C=O) groups excluding carboxylic acids is 2. The lowest BCUT2D eigenvalue weighted by molar-refractivity contribution is -0.380. The van der Waals surface area contributed by atoms with E-state index in [9.17, 15) is 19.7 Å². The van der Waals surface area contributed by atoms with Crippen LogP contribution in [0.3, 0.4) is 0 Å². The molecule has 148 valence electrons. The molecule has 0 atom stereocenters. The molecule has 3 aromatic rings. The Hall–Kier alpha value is -3.79. The van der Waals surface area contributed by atoms with E-state index >= 15 is 0 Å². The van der Waals surface area contributed by atoms with Crippen molar-refractivity contribution in [3.8, 4) is 5.75 Å². The predicted molar refractivity (Wildman–Crippen MR) is 105 cm³/mol. The van der Waals surface area contributed by atoms with Crippen LogP contribution in [0, 0.1) is 10.1 Å². The van der Waals surface area contributed by atoms with Gasteiger partial charge in [0.1, 0.15) is 24.1 Å². The van der Waals surface area contributed by atoms with E-state index in [2.05, 4.69) is 10.3 Å². The first kappa shape index (κ1) is 20.0. The maximum Gasteiger partial charge on any atom is 0.345 e. The number of carbonyl (C=O) groups is 2. The average Bonchev–Trinajstić information content (AvgIpc) is 3.20. The zero-order valence-electron chi connectivity index (χ0n) is 14.9. The summed E-state index contributed by atoms with van der Waals surface area (Å²) in [6, 6.07) is 16.0. The highest BCUT2D eigenvalue weighted by molar-refractivity contribution is 7.18. The molecular formula is C19H15N3O6S. The molecule has 0 fully saturated rings. The van der Waals surface area contributed by atoms with Crippen LogP contribution < -0.4 is 10.1 Å². The van der Waals surface area contributed by atoms with Gasteiger partial charge in [0.05, 0.1) is 4.92 Å². The van der Waals surface area contributed by atoms with E-state index in [1.165, 1.54) is 6.07 Å². The third kappa shape index (κ3) is 5.59. The minimum absolute atomic E-state index is 0.0457. The largest absolute Gasteiger partial charge is 0.488 e. The summed E-state index contributed by atoms with van der Waals surface area (Å²) in [5.41, 5.74) is 1.12. The van der Waals surface area contributed by atoms with E-state index in [4.69, 9.17) is 9.47 Å². The molecule has 29 heavy (non-hydrogen) atoms. The van der Waals surface area contributed by atoms with Crippen LogP contribution in [-0.2, 0) is 16.1 Å². The van der Waals surface area contributed by atoms with Crippen molar-refractivity contribution < 1.29 is 24.0 Å². The molecule has 1 amide bonds. The summed E-state index contributed by atoms with van der Waals surface area (Å²) < 4.78 is 10.7. The predicted octanol–water partition coefficient (Wildman–Crippen LogP) is 3.43. The molecule has 0 spiro atoms. The molecule has 2 aromatic carbocycles. The number of nitrogens with one attached hydrogen (secondary N) is 1. The van der Waals surface area contributed by atoms with E-state index in [0.717, 1.165) is 11.8 Å². The number of nitro groups is 1. The van der Waals surface area contributed by atoms with Crippen molar-refractivity contribution in [2.75, 3.05) is 11.9 Å². The fraction of sp³-hybridized carbons (Fsp3) is 0.105. The Morgan fingerprint density at radius 2 is 1.83 bits per heavy atom. The first-order chi connectivity index (χ1) is 14.0. The van der Waals surface area contributed by atoms with Crippen LogP contribution in [0.5, 0.6) is 5.75 Å². The quantitative estimate of drug-likeness (QED) is 0.341. The van der Waals surface area contributed by atoms with Crippen LogP contribution >= 0.6 is 11.3 Å². The second-order valence-electron chi connectivity index (χ2n) is 5.66. The molecule has 0 aliphatic carbocycles. The molecule has 0 unspecified atom stereocenters. The van der Waals surface area contributed by atoms with E-state index in [-0.39, 0.29) is 22.3 Å². The molecule has 9 nitrogen and oxygen atoms in total. The Kier molecular flexibility index (Phi) is 6.48. The third-order valence-corrected chi connectivity index (χ3v) is 4.46. The summed E-state index contributed by atoms with van der Waals surface area (Å²) in [4.78, 5) is 38.0. The second-order valence-corrected chi connectivity index (χ2v) is 6.66. The number of aromatic nitrogens is 1. The first-order valence-corrected chi connectivity index (χ1v) is 9.17. The van der Waals surface area contributed by atoms with Crippen molar-refractivity contribution in [1.82, 2.24) is 4.98 Å². The number of thiazole rings is 1. The molecular weight excluding hydrogens is 398 g/mol. The Bertz CT molecular complexity index is 1020. The lowest BCUT2D eigenvalue weighted by Crippen LogP contribution is -2.21. The normalized spacial score (nSPS) is 10.2. The molecule has 1 aromatic heterocycles. The van der Waals surface area contributed by atoms with Crippen molar-refractivity contribution in [3.63, 3.8) is 0 Å². The van der Waals surface area contributed by atoms with Crippen molar-refractivity contribution in [2.45, 2.75) is 6.61 Å². The van der Waals surface area contributed by atoms with Crippen molar-refractivity contribution in [3.05, 3.63) is 82.0 Å².